The SMILES string of the molecule is COc1cccc(N2CCN(C(=O)[C@@H]3C[C@H](OC)CN3C)CC2)c1. The van der Waals surface area contributed by atoms with Crippen LogP contribution in [-0.4, -0.2) is 81.8 Å². The average Bonchev–Trinajstić information content (AvgIpc) is 3.02. The summed E-state index contributed by atoms with van der Waals surface area (Å²) in [5.74, 6) is 1.10. The molecule has 6 heteroatoms. The Morgan fingerprint density at radius 3 is 2.54 bits per heavy atom. The summed E-state index contributed by atoms with van der Waals surface area (Å²) < 4.78 is 10.7. The van der Waals surface area contributed by atoms with Gasteiger partial charge in [0.05, 0.1) is 19.3 Å². The number of rotatable bonds is 4. The molecule has 2 saturated heterocycles. The molecule has 2 fully saturated rings. The van der Waals surface area contributed by atoms with Crippen molar-refractivity contribution in [2.45, 2.75) is 18.6 Å². The lowest BCUT2D eigenvalue weighted by Crippen LogP contribution is -2.53. The van der Waals surface area contributed by atoms with Gasteiger partial charge in [-0.05, 0) is 25.6 Å². The van der Waals surface area contributed by atoms with Crippen molar-refractivity contribution in [3.8, 4) is 5.75 Å². The molecular weight excluding hydrogens is 306 g/mol. The fraction of sp³-hybridized carbons (Fsp3) is 0.611. The molecule has 1 aromatic rings. The second-order valence-corrected chi connectivity index (χ2v) is 6.56. The lowest BCUT2D eigenvalue weighted by atomic mass is 10.1. The van der Waals surface area contributed by atoms with Crippen molar-refractivity contribution >= 4 is 11.6 Å². The molecule has 2 heterocycles. The van der Waals surface area contributed by atoms with Gasteiger partial charge in [0, 0.05) is 51.6 Å². The fourth-order valence-corrected chi connectivity index (χ4v) is 3.62. The summed E-state index contributed by atoms with van der Waals surface area (Å²) in [6.07, 6.45) is 0.962. The minimum atomic E-state index is -0.0432. The highest BCUT2D eigenvalue weighted by atomic mass is 16.5. The molecule has 1 aromatic carbocycles. The summed E-state index contributed by atoms with van der Waals surface area (Å²) >= 11 is 0. The van der Waals surface area contributed by atoms with Crippen LogP contribution in [0.15, 0.2) is 24.3 Å². The van der Waals surface area contributed by atoms with E-state index in [0.29, 0.717) is 0 Å². The van der Waals surface area contributed by atoms with Gasteiger partial charge in [-0.1, -0.05) is 6.07 Å². The third-order valence-corrected chi connectivity index (χ3v) is 5.14. The molecule has 6 nitrogen and oxygen atoms in total. The average molecular weight is 333 g/mol. The molecule has 0 bridgehead atoms. The largest absolute Gasteiger partial charge is 0.497 e. The molecule has 1 amide bonds. The Morgan fingerprint density at radius 2 is 1.92 bits per heavy atom. The Kier molecular flexibility index (Phi) is 5.26. The van der Waals surface area contributed by atoms with Crippen LogP contribution in [0.25, 0.3) is 0 Å². The first kappa shape index (κ1) is 17.0. The van der Waals surface area contributed by atoms with Gasteiger partial charge in [-0.25, -0.2) is 0 Å². The highest BCUT2D eigenvalue weighted by Crippen LogP contribution is 2.24. The monoisotopic (exact) mass is 333 g/mol. The summed E-state index contributed by atoms with van der Waals surface area (Å²) in [6, 6.07) is 8.05. The van der Waals surface area contributed by atoms with Crippen molar-refractivity contribution in [1.82, 2.24) is 9.80 Å². The number of hydrogen-bond donors (Lipinski definition) is 0. The maximum Gasteiger partial charge on any atom is 0.240 e. The van der Waals surface area contributed by atoms with E-state index in [1.807, 2.05) is 30.1 Å². The number of likely N-dealkylation sites (tertiary alicyclic amines) is 1. The van der Waals surface area contributed by atoms with E-state index in [9.17, 15) is 4.79 Å². The van der Waals surface area contributed by atoms with Gasteiger partial charge in [0.1, 0.15) is 5.75 Å². The Hall–Kier alpha value is -1.79. The molecule has 0 spiro atoms. The van der Waals surface area contributed by atoms with Crippen molar-refractivity contribution in [3.05, 3.63) is 24.3 Å². The van der Waals surface area contributed by atoms with Crippen molar-refractivity contribution in [2.24, 2.45) is 0 Å². The molecule has 2 aliphatic rings. The predicted octanol–water partition coefficient (Wildman–Crippen LogP) is 1.06. The number of carbonyl (C=O) groups is 1. The van der Waals surface area contributed by atoms with Gasteiger partial charge >= 0.3 is 0 Å². The van der Waals surface area contributed by atoms with Crippen LogP contribution in [0, 0.1) is 0 Å². The van der Waals surface area contributed by atoms with Crippen LogP contribution in [-0.2, 0) is 9.53 Å². The lowest BCUT2D eigenvalue weighted by Gasteiger charge is -2.38. The number of anilines is 1. The number of benzene rings is 1. The number of carbonyl (C=O) groups excluding carboxylic acids is 1. The number of methoxy groups -OCH3 is 2. The Labute approximate surface area is 143 Å². The van der Waals surface area contributed by atoms with Gasteiger partial charge in [-0.3, -0.25) is 9.69 Å². The van der Waals surface area contributed by atoms with E-state index in [1.165, 1.54) is 0 Å². The van der Waals surface area contributed by atoms with Gasteiger partial charge in [0.2, 0.25) is 5.91 Å². The van der Waals surface area contributed by atoms with Crippen molar-refractivity contribution < 1.29 is 14.3 Å². The minimum absolute atomic E-state index is 0.0432. The van der Waals surface area contributed by atoms with E-state index < -0.39 is 0 Å². The molecule has 0 unspecified atom stereocenters. The third-order valence-electron chi connectivity index (χ3n) is 5.14. The molecule has 0 saturated carbocycles. The number of likely N-dealkylation sites (N-methyl/N-ethyl adjacent to an activating group) is 1. The molecule has 2 aliphatic heterocycles. The molecule has 0 aromatic heterocycles. The molecular formula is C18H27N3O3. The van der Waals surface area contributed by atoms with Gasteiger partial charge in [0.25, 0.3) is 0 Å². The topological polar surface area (TPSA) is 45.3 Å². The highest BCUT2D eigenvalue weighted by molar-refractivity contribution is 5.82. The van der Waals surface area contributed by atoms with Crippen LogP contribution in [0.3, 0.4) is 0 Å². The van der Waals surface area contributed by atoms with E-state index in [1.54, 1.807) is 14.2 Å². The Bertz CT molecular complexity index is 572. The van der Waals surface area contributed by atoms with E-state index in [4.69, 9.17) is 9.47 Å². The quantitative estimate of drug-likeness (QED) is 0.825. The summed E-state index contributed by atoms with van der Waals surface area (Å²) in [5.41, 5.74) is 1.15. The zero-order chi connectivity index (χ0) is 17.1. The summed E-state index contributed by atoms with van der Waals surface area (Å²) in [5, 5.41) is 0. The molecule has 0 N–H and O–H groups in total. The minimum Gasteiger partial charge on any atom is -0.497 e. The Morgan fingerprint density at radius 1 is 1.17 bits per heavy atom. The molecule has 3 rings (SSSR count). The zero-order valence-electron chi connectivity index (χ0n) is 14.8. The molecule has 0 radical (unpaired) electrons. The molecule has 2 atom stereocenters. The van der Waals surface area contributed by atoms with Crippen molar-refractivity contribution in [1.29, 1.82) is 0 Å². The number of ether oxygens (including phenoxy) is 2. The van der Waals surface area contributed by atoms with Crippen LogP contribution in [0.2, 0.25) is 0 Å². The van der Waals surface area contributed by atoms with Gasteiger partial charge in [0.15, 0.2) is 0 Å². The van der Waals surface area contributed by atoms with E-state index in [-0.39, 0.29) is 18.1 Å². The number of hydrogen-bond acceptors (Lipinski definition) is 5. The van der Waals surface area contributed by atoms with Gasteiger partial charge < -0.3 is 19.3 Å². The third kappa shape index (κ3) is 3.49. The first-order valence-corrected chi connectivity index (χ1v) is 8.53. The van der Waals surface area contributed by atoms with Crippen LogP contribution >= 0.6 is 0 Å². The Balaban J connectivity index is 1.57. The lowest BCUT2D eigenvalue weighted by molar-refractivity contribution is -0.135. The zero-order valence-corrected chi connectivity index (χ0v) is 14.8. The van der Waals surface area contributed by atoms with Gasteiger partial charge in [-0.15, -0.1) is 0 Å². The summed E-state index contributed by atoms with van der Waals surface area (Å²) in [4.78, 5) is 19.2. The van der Waals surface area contributed by atoms with Crippen molar-refractivity contribution in [3.63, 3.8) is 0 Å². The summed E-state index contributed by atoms with van der Waals surface area (Å²) in [7, 11) is 5.41. The standard InChI is InChI=1S/C18H27N3O3/c1-19-13-16(24-3)12-17(19)18(22)21-9-7-20(8-10-21)14-5-4-6-15(11-14)23-2/h4-6,11,16-17H,7-10,12-13H2,1-3H3/t16-,17-/m0/s1. The summed E-state index contributed by atoms with van der Waals surface area (Å²) in [6.45, 7) is 4.05. The predicted molar refractivity (Wildman–Crippen MR) is 93.6 cm³/mol. The maximum absolute atomic E-state index is 12.8. The number of nitrogens with zero attached hydrogens (tertiary/aromatic N) is 3. The van der Waals surface area contributed by atoms with Crippen LogP contribution in [0.4, 0.5) is 5.69 Å². The normalized spacial score (nSPS) is 25.1. The maximum atomic E-state index is 12.8. The van der Waals surface area contributed by atoms with Crippen LogP contribution in [0.1, 0.15) is 6.42 Å². The highest BCUT2D eigenvalue weighted by Gasteiger charge is 2.37. The first-order chi connectivity index (χ1) is 11.6. The van der Waals surface area contributed by atoms with Crippen molar-refractivity contribution in [2.75, 3.05) is 58.9 Å². The molecule has 132 valence electrons. The van der Waals surface area contributed by atoms with E-state index in [2.05, 4.69) is 15.9 Å². The number of piperazine rings is 1. The second kappa shape index (κ2) is 7.40. The van der Waals surface area contributed by atoms with Crippen LogP contribution in [0.5, 0.6) is 5.75 Å². The fourth-order valence-electron chi connectivity index (χ4n) is 3.62. The van der Waals surface area contributed by atoms with E-state index >= 15 is 0 Å². The van der Waals surface area contributed by atoms with Gasteiger partial charge in [-0.2, -0.15) is 0 Å². The smallest absolute Gasteiger partial charge is 0.240 e. The molecule has 0 aliphatic carbocycles. The first-order valence-electron chi connectivity index (χ1n) is 8.53. The number of amides is 1. The van der Waals surface area contributed by atoms with E-state index in [0.717, 1.165) is 50.6 Å². The molecule has 24 heavy (non-hydrogen) atoms. The second-order valence-electron chi connectivity index (χ2n) is 6.56. The van der Waals surface area contributed by atoms with Crippen LogP contribution < -0.4 is 9.64 Å².